The summed E-state index contributed by atoms with van der Waals surface area (Å²) in [7, 11) is 1.46. The Morgan fingerprint density at radius 2 is 1.66 bits per heavy atom. The summed E-state index contributed by atoms with van der Waals surface area (Å²) in [6, 6.07) is 14.9. The summed E-state index contributed by atoms with van der Waals surface area (Å²) in [6.45, 7) is 1.83. The van der Waals surface area contributed by atoms with E-state index >= 15 is 0 Å². The summed E-state index contributed by atoms with van der Waals surface area (Å²) in [6.07, 6.45) is 1.11. The van der Waals surface area contributed by atoms with Crippen LogP contribution in [0.5, 0.6) is 0 Å². The summed E-state index contributed by atoms with van der Waals surface area (Å²) in [5.41, 5.74) is 4.47. The number of alkyl carbamates (subject to hydrolysis) is 1. The van der Waals surface area contributed by atoms with Gasteiger partial charge in [0.15, 0.2) is 0 Å². The zero-order valence-corrected chi connectivity index (χ0v) is 20.0. The van der Waals surface area contributed by atoms with Gasteiger partial charge in [-0.25, -0.2) is 4.79 Å². The predicted octanol–water partition coefficient (Wildman–Crippen LogP) is 3.69. The number of rotatable bonds is 8. The van der Waals surface area contributed by atoms with Gasteiger partial charge in [-0.2, -0.15) is 0 Å². The minimum absolute atomic E-state index is 0.0875. The Balaban J connectivity index is 1.39. The van der Waals surface area contributed by atoms with E-state index in [2.05, 4.69) is 22.8 Å². The number of amides is 2. The molecule has 0 heterocycles. The zero-order valence-electron chi connectivity index (χ0n) is 20.0. The fourth-order valence-electron chi connectivity index (χ4n) is 5.14. The van der Waals surface area contributed by atoms with Gasteiger partial charge in [0.25, 0.3) is 0 Å². The van der Waals surface area contributed by atoms with Gasteiger partial charge in [0.05, 0.1) is 12.0 Å². The number of hydrogen-bond donors (Lipinski definition) is 3. The predicted molar refractivity (Wildman–Crippen MR) is 130 cm³/mol. The third-order valence-corrected chi connectivity index (χ3v) is 7.11. The van der Waals surface area contributed by atoms with Crippen molar-refractivity contribution in [3.8, 4) is 11.1 Å². The van der Waals surface area contributed by atoms with Crippen molar-refractivity contribution in [1.29, 1.82) is 0 Å². The highest BCUT2D eigenvalue weighted by Gasteiger charge is 2.34. The van der Waals surface area contributed by atoms with Crippen LogP contribution in [-0.2, 0) is 19.1 Å². The second-order valence-electron chi connectivity index (χ2n) is 9.30. The van der Waals surface area contributed by atoms with Gasteiger partial charge >= 0.3 is 12.1 Å². The number of ether oxygens (including phenoxy) is 2. The van der Waals surface area contributed by atoms with E-state index in [9.17, 15) is 19.5 Å². The van der Waals surface area contributed by atoms with Crippen LogP contribution in [-0.4, -0.2) is 55.0 Å². The molecule has 2 aromatic rings. The van der Waals surface area contributed by atoms with E-state index < -0.39 is 36.0 Å². The largest absolute Gasteiger partial charge is 0.481 e. The number of hydrogen-bond acceptors (Lipinski definition) is 5. The van der Waals surface area contributed by atoms with Gasteiger partial charge in [-0.05, 0) is 48.4 Å². The molecule has 1 fully saturated rings. The van der Waals surface area contributed by atoms with Crippen molar-refractivity contribution in [2.75, 3.05) is 13.7 Å². The van der Waals surface area contributed by atoms with E-state index in [1.54, 1.807) is 6.92 Å². The Kier molecular flexibility index (Phi) is 7.70. The molecule has 0 aromatic heterocycles. The van der Waals surface area contributed by atoms with Crippen molar-refractivity contribution in [3.05, 3.63) is 59.7 Å². The molecule has 8 nitrogen and oxygen atoms in total. The second kappa shape index (κ2) is 10.9. The summed E-state index contributed by atoms with van der Waals surface area (Å²) >= 11 is 0. The average molecular weight is 481 g/mol. The standard InChI is InChI=1S/C27H32N2O6/c1-16(34-2)24(25(30)28-18-9-7-8-17(14-18)26(31)32)29-27(33)35-15-23-21-12-5-3-10-19(21)20-11-4-6-13-22(20)23/h3-6,10-13,16-18,23-24H,7-9,14-15H2,1-2H3,(H,28,30)(H,29,33)(H,31,32)/t16?,17-,18-,24?/m1/s1. The molecular formula is C27H32N2O6. The first kappa shape index (κ1) is 24.7. The van der Waals surface area contributed by atoms with Crippen LogP contribution in [0.25, 0.3) is 11.1 Å². The molecule has 0 saturated heterocycles. The van der Waals surface area contributed by atoms with Crippen LogP contribution in [0.4, 0.5) is 4.79 Å². The SMILES string of the molecule is COC(C)C(NC(=O)OCC1c2ccccc2-c2ccccc21)C(=O)N[C@@H]1CCC[C@@H](C(=O)O)C1. The molecule has 35 heavy (non-hydrogen) atoms. The van der Waals surface area contributed by atoms with Gasteiger partial charge < -0.3 is 25.2 Å². The van der Waals surface area contributed by atoms with Crippen LogP contribution >= 0.6 is 0 Å². The van der Waals surface area contributed by atoms with Gasteiger partial charge in [0.2, 0.25) is 5.91 Å². The van der Waals surface area contributed by atoms with Crippen molar-refractivity contribution < 1.29 is 29.0 Å². The molecule has 2 unspecified atom stereocenters. The van der Waals surface area contributed by atoms with Crippen molar-refractivity contribution >= 4 is 18.0 Å². The molecule has 1 saturated carbocycles. The van der Waals surface area contributed by atoms with Gasteiger partial charge in [-0.1, -0.05) is 55.0 Å². The average Bonchev–Trinajstić information content (AvgIpc) is 3.19. The third kappa shape index (κ3) is 5.48. The highest BCUT2D eigenvalue weighted by Crippen LogP contribution is 2.44. The molecule has 186 valence electrons. The van der Waals surface area contributed by atoms with Crippen LogP contribution in [0.2, 0.25) is 0 Å². The third-order valence-electron chi connectivity index (χ3n) is 7.11. The van der Waals surface area contributed by atoms with Crippen molar-refractivity contribution in [2.24, 2.45) is 5.92 Å². The number of carbonyl (C=O) groups excluding carboxylic acids is 2. The molecule has 0 aliphatic heterocycles. The van der Waals surface area contributed by atoms with E-state index in [1.165, 1.54) is 7.11 Å². The molecule has 2 aliphatic rings. The van der Waals surface area contributed by atoms with Crippen LogP contribution in [0.3, 0.4) is 0 Å². The van der Waals surface area contributed by atoms with Crippen LogP contribution in [0.1, 0.15) is 49.7 Å². The molecule has 4 atom stereocenters. The van der Waals surface area contributed by atoms with Crippen molar-refractivity contribution in [2.45, 2.75) is 56.7 Å². The molecule has 0 spiro atoms. The maximum Gasteiger partial charge on any atom is 0.407 e. The first-order chi connectivity index (χ1) is 16.9. The monoisotopic (exact) mass is 480 g/mol. The number of benzene rings is 2. The number of methoxy groups -OCH3 is 1. The summed E-state index contributed by atoms with van der Waals surface area (Å²) in [5.74, 6) is -1.82. The quantitative estimate of drug-likeness (QED) is 0.531. The molecule has 4 rings (SSSR count). The first-order valence-electron chi connectivity index (χ1n) is 12.1. The Hall–Kier alpha value is -3.39. The molecule has 2 amide bonds. The fraction of sp³-hybridized carbons (Fsp3) is 0.444. The van der Waals surface area contributed by atoms with E-state index in [0.29, 0.717) is 19.3 Å². The van der Waals surface area contributed by atoms with Gasteiger partial charge in [-0.15, -0.1) is 0 Å². The maximum absolute atomic E-state index is 13.0. The maximum atomic E-state index is 13.0. The van der Waals surface area contributed by atoms with Gasteiger partial charge in [0, 0.05) is 19.1 Å². The normalized spacial score (nSPS) is 20.7. The van der Waals surface area contributed by atoms with Crippen molar-refractivity contribution in [1.82, 2.24) is 10.6 Å². The van der Waals surface area contributed by atoms with E-state index in [1.807, 2.05) is 36.4 Å². The summed E-state index contributed by atoms with van der Waals surface area (Å²) in [4.78, 5) is 37.1. The topological polar surface area (TPSA) is 114 Å². The van der Waals surface area contributed by atoms with Gasteiger partial charge in [0.1, 0.15) is 12.6 Å². The Bertz CT molecular complexity index is 1040. The second-order valence-corrected chi connectivity index (χ2v) is 9.30. The Labute approximate surface area is 205 Å². The smallest absolute Gasteiger partial charge is 0.407 e. The Morgan fingerprint density at radius 1 is 1.03 bits per heavy atom. The highest BCUT2D eigenvalue weighted by molar-refractivity contribution is 5.86. The summed E-state index contributed by atoms with van der Waals surface area (Å²) < 4.78 is 10.9. The van der Waals surface area contributed by atoms with E-state index in [-0.39, 0.29) is 18.6 Å². The first-order valence-corrected chi connectivity index (χ1v) is 12.1. The zero-order chi connectivity index (χ0) is 24.9. The number of fused-ring (bicyclic) bond motifs is 3. The van der Waals surface area contributed by atoms with E-state index in [0.717, 1.165) is 28.7 Å². The van der Waals surface area contributed by atoms with Crippen LogP contribution in [0.15, 0.2) is 48.5 Å². The summed E-state index contributed by atoms with van der Waals surface area (Å²) in [5, 5.41) is 14.9. The lowest BCUT2D eigenvalue weighted by atomic mass is 9.85. The lowest BCUT2D eigenvalue weighted by Crippen LogP contribution is -2.55. The van der Waals surface area contributed by atoms with Crippen LogP contribution < -0.4 is 10.6 Å². The molecule has 0 radical (unpaired) electrons. The minimum Gasteiger partial charge on any atom is -0.481 e. The number of carboxylic acid groups (broad SMARTS) is 1. The lowest BCUT2D eigenvalue weighted by molar-refractivity contribution is -0.143. The molecule has 2 aromatic carbocycles. The minimum atomic E-state index is -0.971. The number of nitrogens with one attached hydrogen (secondary N) is 2. The molecule has 2 aliphatic carbocycles. The van der Waals surface area contributed by atoms with E-state index in [4.69, 9.17) is 9.47 Å². The molecule has 3 N–H and O–H groups in total. The molecule has 8 heteroatoms. The highest BCUT2D eigenvalue weighted by atomic mass is 16.5. The van der Waals surface area contributed by atoms with Crippen molar-refractivity contribution in [3.63, 3.8) is 0 Å². The number of aliphatic carboxylic acids is 1. The molecule has 0 bridgehead atoms. The number of carboxylic acids is 1. The molecular weight excluding hydrogens is 448 g/mol. The number of carbonyl (C=O) groups is 3. The fourth-order valence-corrected chi connectivity index (χ4v) is 5.14. The van der Waals surface area contributed by atoms with Crippen LogP contribution in [0, 0.1) is 5.92 Å². The lowest BCUT2D eigenvalue weighted by Gasteiger charge is -2.30. The Morgan fingerprint density at radius 3 is 2.26 bits per heavy atom. The van der Waals surface area contributed by atoms with Gasteiger partial charge in [-0.3, -0.25) is 9.59 Å².